The van der Waals surface area contributed by atoms with E-state index in [1.54, 1.807) is 0 Å². The second-order valence-electron chi connectivity index (χ2n) is 9.46. The normalized spacial score (nSPS) is 17.8. The number of nitrogens with one attached hydrogen (secondary N) is 2. The van der Waals surface area contributed by atoms with Gasteiger partial charge < -0.3 is 10.6 Å². The maximum Gasteiger partial charge on any atom is 0.254 e. The SMILES string of the molecule is CC1=C(C(=O)Nc2ccc(F)cc2)C(c2c3ccccc3cc3ccccc23)C2=C(CCCC2=O)N1. The first-order valence-electron chi connectivity index (χ1n) is 12.2. The third kappa shape index (κ3) is 3.68. The largest absolute Gasteiger partial charge is 0.362 e. The first kappa shape index (κ1) is 22.2. The van der Waals surface area contributed by atoms with Crippen molar-refractivity contribution < 1.29 is 14.0 Å². The lowest BCUT2D eigenvalue weighted by Crippen LogP contribution is -2.35. The molecular weight excluding hydrogens is 451 g/mol. The average Bonchev–Trinajstić information content (AvgIpc) is 2.88. The Labute approximate surface area is 208 Å². The summed E-state index contributed by atoms with van der Waals surface area (Å²) in [5.74, 6) is -1.13. The van der Waals surface area contributed by atoms with E-state index >= 15 is 0 Å². The molecule has 6 rings (SSSR count). The van der Waals surface area contributed by atoms with Crippen LogP contribution in [0.25, 0.3) is 21.5 Å². The van der Waals surface area contributed by atoms with Crippen LogP contribution >= 0.6 is 0 Å². The van der Waals surface area contributed by atoms with Crippen molar-refractivity contribution >= 4 is 38.9 Å². The molecule has 4 aromatic carbocycles. The van der Waals surface area contributed by atoms with Crippen LogP contribution in [0.4, 0.5) is 10.1 Å². The van der Waals surface area contributed by atoms with Gasteiger partial charge >= 0.3 is 0 Å². The zero-order valence-corrected chi connectivity index (χ0v) is 19.9. The lowest BCUT2D eigenvalue weighted by atomic mass is 9.72. The molecule has 5 heteroatoms. The van der Waals surface area contributed by atoms with Gasteiger partial charge in [-0.05, 0) is 77.2 Å². The topological polar surface area (TPSA) is 58.2 Å². The molecule has 1 aliphatic heterocycles. The van der Waals surface area contributed by atoms with Gasteiger partial charge in [0.25, 0.3) is 5.91 Å². The highest BCUT2D eigenvalue weighted by molar-refractivity contribution is 6.13. The van der Waals surface area contributed by atoms with Crippen molar-refractivity contribution in [3.05, 3.63) is 113 Å². The summed E-state index contributed by atoms with van der Waals surface area (Å²) >= 11 is 0. The van der Waals surface area contributed by atoms with Crippen LogP contribution in [0.5, 0.6) is 0 Å². The summed E-state index contributed by atoms with van der Waals surface area (Å²) in [5, 5.41) is 10.5. The van der Waals surface area contributed by atoms with Crippen LogP contribution in [0.2, 0.25) is 0 Å². The van der Waals surface area contributed by atoms with Crippen molar-refractivity contribution in [3.63, 3.8) is 0 Å². The number of dihydropyridines is 1. The quantitative estimate of drug-likeness (QED) is 0.322. The molecule has 178 valence electrons. The Balaban J connectivity index is 1.61. The number of carbonyl (C=O) groups excluding carboxylic acids is 2. The molecule has 0 saturated heterocycles. The fourth-order valence-electron chi connectivity index (χ4n) is 5.66. The minimum Gasteiger partial charge on any atom is -0.362 e. The Morgan fingerprint density at radius 2 is 1.56 bits per heavy atom. The molecule has 2 aliphatic rings. The smallest absolute Gasteiger partial charge is 0.254 e. The fourth-order valence-corrected chi connectivity index (χ4v) is 5.66. The summed E-state index contributed by atoms with van der Waals surface area (Å²) in [5.41, 5.74) is 4.29. The highest BCUT2D eigenvalue weighted by Crippen LogP contribution is 2.47. The second kappa shape index (κ2) is 8.76. The number of anilines is 1. The number of hydrogen-bond acceptors (Lipinski definition) is 3. The summed E-state index contributed by atoms with van der Waals surface area (Å²) in [6.45, 7) is 1.89. The Morgan fingerprint density at radius 1 is 0.917 bits per heavy atom. The number of carbonyl (C=O) groups is 2. The van der Waals surface area contributed by atoms with E-state index in [9.17, 15) is 14.0 Å². The molecular formula is C31H25FN2O2. The molecule has 1 unspecified atom stereocenters. The van der Waals surface area contributed by atoms with Crippen LogP contribution in [0.15, 0.2) is 101 Å². The number of ketones is 1. The number of benzene rings is 4. The maximum absolute atomic E-state index is 13.9. The van der Waals surface area contributed by atoms with E-state index in [0.717, 1.165) is 51.3 Å². The van der Waals surface area contributed by atoms with Crippen LogP contribution < -0.4 is 10.6 Å². The highest BCUT2D eigenvalue weighted by Gasteiger charge is 2.39. The monoisotopic (exact) mass is 476 g/mol. The van der Waals surface area contributed by atoms with Crippen molar-refractivity contribution in [2.75, 3.05) is 5.32 Å². The molecule has 0 saturated carbocycles. The van der Waals surface area contributed by atoms with Crippen molar-refractivity contribution in [3.8, 4) is 0 Å². The first-order chi connectivity index (χ1) is 17.5. The van der Waals surface area contributed by atoms with Gasteiger partial charge in [-0.25, -0.2) is 4.39 Å². The predicted octanol–water partition coefficient (Wildman–Crippen LogP) is 6.74. The Morgan fingerprint density at radius 3 is 2.22 bits per heavy atom. The van der Waals surface area contributed by atoms with Gasteiger partial charge in [0.1, 0.15) is 5.82 Å². The van der Waals surface area contributed by atoms with Crippen LogP contribution in [0, 0.1) is 5.82 Å². The Kier molecular flexibility index (Phi) is 5.41. The van der Waals surface area contributed by atoms with Crippen molar-refractivity contribution in [1.82, 2.24) is 5.32 Å². The predicted molar refractivity (Wildman–Crippen MR) is 141 cm³/mol. The molecule has 0 spiro atoms. The molecule has 4 aromatic rings. The zero-order chi connectivity index (χ0) is 24.8. The van der Waals surface area contributed by atoms with Gasteiger partial charge in [0.2, 0.25) is 0 Å². The summed E-state index contributed by atoms with van der Waals surface area (Å²) in [7, 11) is 0. The van der Waals surface area contributed by atoms with Crippen molar-refractivity contribution in [1.29, 1.82) is 0 Å². The third-order valence-electron chi connectivity index (χ3n) is 7.22. The van der Waals surface area contributed by atoms with Crippen LogP contribution in [-0.2, 0) is 9.59 Å². The van der Waals surface area contributed by atoms with E-state index in [1.807, 2.05) is 31.2 Å². The van der Waals surface area contributed by atoms with Gasteiger partial charge in [0.15, 0.2) is 5.78 Å². The van der Waals surface area contributed by atoms with Gasteiger partial charge in [-0.2, -0.15) is 0 Å². The Hall–Kier alpha value is -4.25. The lowest BCUT2D eigenvalue weighted by Gasteiger charge is -2.35. The van der Waals surface area contributed by atoms with E-state index < -0.39 is 5.92 Å². The minimum atomic E-state index is -0.523. The standard InChI is InChI=1S/C31H25FN2O2/c1-18-27(31(36)34-22-15-13-21(32)14-16-22)30(29-25(33-18)11-6-12-26(29)35)28-23-9-4-2-7-19(23)17-20-8-3-5-10-24(20)28/h2-5,7-10,13-17,30,33H,6,11-12H2,1H3,(H,34,36). The number of allylic oxidation sites excluding steroid dienone is 3. The molecule has 0 bridgehead atoms. The number of amides is 1. The number of halogens is 1. The third-order valence-corrected chi connectivity index (χ3v) is 7.22. The van der Waals surface area contributed by atoms with Crippen molar-refractivity contribution in [2.24, 2.45) is 0 Å². The molecule has 1 aliphatic carbocycles. The molecule has 2 N–H and O–H groups in total. The number of Topliss-reactive ketones (excluding diaryl/α,β-unsaturated/α-hetero) is 1. The van der Waals surface area contributed by atoms with E-state index in [4.69, 9.17) is 0 Å². The van der Waals surface area contributed by atoms with Gasteiger partial charge in [0, 0.05) is 40.6 Å². The number of rotatable bonds is 3. The highest BCUT2D eigenvalue weighted by atomic mass is 19.1. The van der Waals surface area contributed by atoms with Gasteiger partial charge in [-0.15, -0.1) is 0 Å². The minimum absolute atomic E-state index is 0.0744. The average molecular weight is 477 g/mol. The lowest BCUT2D eigenvalue weighted by molar-refractivity contribution is -0.116. The van der Waals surface area contributed by atoms with Crippen LogP contribution in [-0.4, -0.2) is 11.7 Å². The fraction of sp³-hybridized carbons (Fsp3) is 0.161. The molecule has 1 heterocycles. The molecule has 4 nitrogen and oxygen atoms in total. The molecule has 0 fully saturated rings. The molecule has 0 aromatic heterocycles. The molecule has 0 radical (unpaired) electrons. The first-order valence-corrected chi connectivity index (χ1v) is 12.2. The summed E-state index contributed by atoms with van der Waals surface area (Å²) < 4.78 is 13.5. The van der Waals surface area contributed by atoms with E-state index in [-0.39, 0.29) is 17.5 Å². The van der Waals surface area contributed by atoms with E-state index in [1.165, 1.54) is 24.3 Å². The summed E-state index contributed by atoms with van der Waals surface area (Å²) in [6, 6.07) is 24.1. The van der Waals surface area contributed by atoms with Gasteiger partial charge in [-0.3, -0.25) is 9.59 Å². The van der Waals surface area contributed by atoms with Crippen LogP contribution in [0.1, 0.15) is 37.7 Å². The summed E-state index contributed by atoms with van der Waals surface area (Å²) in [6.07, 6.45) is 2.02. The summed E-state index contributed by atoms with van der Waals surface area (Å²) in [4.78, 5) is 27.3. The number of hydrogen-bond donors (Lipinski definition) is 2. The zero-order valence-electron chi connectivity index (χ0n) is 19.9. The van der Waals surface area contributed by atoms with Crippen LogP contribution in [0.3, 0.4) is 0 Å². The van der Waals surface area contributed by atoms with E-state index in [0.29, 0.717) is 23.3 Å². The van der Waals surface area contributed by atoms with Gasteiger partial charge in [0.05, 0.1) is 0 Å². The molecule has 1 amide bonds. The Bertz CT molecular complexity index is 1560. The maximum atomic E-state index is 13.9. The number of fused-ring (bicyclic) bond motifs is 2. The molecule has 36 heavy (non-hydrogen) atoms. The van der Waals surface area contributed by atoms with Crippen molar-refractivity contribution in [2.45, 2.75) is 32.1 Å². The molecule has 1 atom stereocenters. The van der Waals surface area contributed by atoms with E-state index in [2.05, 4.69) is 41.0 Å². The second-order valence-corrected chi connectivity index (χ2v) is 9.46. The van der Waals surface area contributed by atoms with Gasteiger partial charge in [-0.1, -0.05) is 48.5 Å².